The van der Waals surface area contributed by atoms with E-state index in [9.17, 15) is 9.59 Å². The summed E-state index contributed by atoms with van der Waals surface area (Å²) >= 11 is 0.905. The summed E-state index contributed by atoms with van der Waals surface area (Å²) in [6, 6.07) is 5.78. The Kier molecular flexibility index (Phi) is 5.62. The van der Waals surface area contributed by atoms with Crippen LogP contribution in [0.2, 0.25) is 0 Å². The van der Waals surface area contributed by atoms with E-state index in [1.807, 2.05) is 18.2 Å². The van der Waals surface area contributed by atoms with Crippen LogP contribution in [0.3, 0.4) is 0 Å². The van der Waals surface area contributed by atoms with E-state index in [2.05, 4.69) is 10.2 Å². The van der Waals surface area contributed by atoms with Crippen LogP contribution < -0.4 is 20.7 Å². The fourth-order valence-corrected chi connectivity index (χ4v) is 3.57. The summed E-state index contributed by atoms with van der Waals surface area (Å²) in [5, 5.41) is 1.92. The van der Waals surface area contributed by atoms with Gasteiger partial charge in [0.2, 0.25) is 0 Å². The van der Waals surface area contributed by atoms with Crippen molar-refractivity contribution in [3.05, 3.63) is 28.7 Å². The van der Waals surface area contributed by atoms with Crippen LogP contribution in [0, 0.1) is 0 Å². The molecule has 3 rings (SSSR count). The number of ether oxygens (including phenoxy) is 2. The monoisotopic (exact) mass is 363 g/mol. The molecule has 2 amide bonds. The zero-order valence-electron chi connectivity index (χ0n) is 14.0. The molecule has 0 unspecified atom stereocenters. The summed E-state index contributed by atoms with van der Waals surface area (Å²) in [6.45, 7) is 2.45. The second kappa shape index (κ2) is 7.90. The molecule has 134 valence electrons. The predicted molar refractivity (Wildman–Crippen MR) is 97.7 cm³/mol. The Morgan fingerprint density at radius 1 is 1.40 bits per heavy atom. The number of thioether (sulfide) groups is 1. The van der Waals surface area contributed by atoms with Crippen molar-refractivity contribution in [1.82, 2.24) is 5.32 Å². The van der Waals surface area contributed by atoms with Crippen molar-refractivity contribution in [3.63, 3.8) is 0 Å². The van der Waals surface area contributed by atoms with Crippen LogP contribution in [0.25, 0.3) is 6.08 Å². The van der Waals surface area contributed by atoms with E-state index in [1.165, 1.54) is 0 Å². The Morgan fingerprint density at radius 3 is 2.88 bits per heavy atom. The molecule has 2 heterocycles. The largest absolute Gasteiger partial charge is 0.489 e. The third-order valence-electron chi connectivity index (χ3n) is 4.04. The van der Waals surface area contributed by atoms with E-state index in [-0.39, 0.29) is 17.2 Å². The maximum atomic E-state index is 11.9. The van der Waals surface area contributed by atoms with E-state index in [1.54, 1.807) is 13.2 Å². The molecule has 1 aromatic rings. The fourth-order valence-electron chi connectivity index (χ4n) is 2.90. The van der Waals surface area contributed by atoms with Gasteiger partial charge in [0.05, 0.1) is 17.2 Å². The van der Waals surface area contributed by atoms with Gasteiger partial charge in [-0.1, -0.05) is 12.1 Å². The van der Waals surface area contributed by atoms with Crippen molar-refractivity contribution in [3.8, 4) is 5.75 Å². The first kappa shape index (κ1) is 17.8. The van der Waals surface area contributed by atoms with Gasteiger partial charge in [-0.15, -0.1) is 0 Å². The van der Waals surface area contributed by atoms with Crippen molar-refractivity contribution in [2.24, 2.45) is 5.73 Å². The summed E-state index contributed by atoms with van der Waals surface area (Å²) in [7, 11) is 1.62. The van der Waals surface area contributed by atoms with Crippen molar-refractivity contribution in [2.45, 2.75) is 12.5 Å². The van der Waals surface area contributed by atoms with Crippen LogP contribution in [-0.4, -0.2) is 50.6 Å². The number of imide groups is 1. The zero-order chi connectivity index (χ0) is 17.8. The molecular formula is C17H21N3O4S. The van der Waals surface area contributed by atoms with Gasteiger partial charge < -0.3 is 20.1 Å². The van der Waals surface area contributed by atoms with Gasteiger partial charge in [0.1, 0.15) is 12.4 Å². The quantitative estimate of drug-likeness (QED) is 0.585. The molecule has 1 aromatic carbocycles. The number of carbonyl (C=O) groups excluding carboxylic acids is 2. The number of nitrogens with two attached hydrogens (primary N) is 1. The highest BCUT2D eigenvalue weighted by atomic mass is 32.2. The number of hydrogen-bond acceptors (Lipinski definition) is 7. The Bertz CT molecular complexity index is 707. The fraction of sp³-hybridized carbons (Fsp3) is 0.412. The normalized spacial score (nSPS) is 21.9. The molecule has 1 atom stereocenters. The lowest BCUT2D eigenvalue weighted by atomic mass is 10.1. The number of nitrogens with zero attached hydrogens (tertiary/aromatic N) is 1. The minimum absolute atomic E-state index is 0.110. The van der Waals surface area contributed by atoms with Crippen LogP contribution in [0.4, 0.5) is 10.5 Å². The summed E-state index contributed by atoms with van der Waals surface area (Å²) in [4.78, 5) is 25.8. The predicted octanol–water partition coefficient (Wildman–Crippen LogP) is 1.57. The van der Waals surface area contributed by atoms with Gasteiger partial charge in [-0.05, 0) is 30.3 Å². The van der Waals surface area contributed by atoms with Crippen LogP contribution in [-0.2, 0) is 9.53 Å². The number of nitrogens with one attached hydrogen (secondary N) is 1. The Hall–Kier alpha value is -2.03. The number of para-hydroxylation sites is 1. The van der Waals surface area contributed by atoms with E-state index >= 15 is 0 Å². The molecule has 0 bridgehead atoms. The van der Waals surface area contributed by atoms with Gasteiger partial charge in [0.25, 0.3) is 11.1 Å². The topological polar surface area (TPSA) is 93.9 Å². The molecule has 0 aliphatic carbocycles. The van der Waals surface area contributed by atoms with Gasteiger partial charge in [-0.2, -0.15) is 0 Å². The first-order chi connectivity index (χ1) is 12.1. The first-order valence-corrected chi connectivity index (χ1v) is 8.90. The van der Waals surface area contributed by atoms with Gasteiger partial charge in [0.15, 0.2) is 0 Å². The number of methoxy groups -OCH3 is 1. The maximum absolute atomic E-state index is 11.9. The van der Waals surface area contributed by atoms with Gasteiger partial charge >= 0.3 is 0 Å². The molecule has 3 N–H and O–H groups in total. The van der Waals surface area contributed by atoms with Crippen molar-refractivity contribution < 1.29 is 19.1 Å². The lowest BCUT2D eigenvalue weighted by Gasteiger charge is -2.24. The number of amides is 2. The Morgan fingerprint density at radius 2 is 2.24 bits per heavy atom. The van der Waals surface area contributed by atoms with E-state index in [4.69, 9.17) is 15.2 Å². The highest BCUT2D eigenvalue weighted by molar-refractivity contribution is 8.18. The van der Waals surface area contributed by atoms with Crippen LogP contribution in [0.1, 0.15) is 12.0 Å². The molecule has 0 spiro atoms. The molecule has 2 aliphatic heterocycles. The smallest absolute Gasteiger partial charge is 0.290 e. The molecule has 0 aromatic heterocycles. The Labute approximate surface area is 150 Å². The van der Waals surface area contributed by atoms with Gasteiger partial charge in [-0.25, -0.2) is 0 Å². The maximum Gasteiger partial charge on any atom is 0.290 e. The third-order valence-corrected chi connectivity index (χ3v) is 4.86. The molecular weight excluding hydrogens is 342 g/mol. The number of carbonyl (C=O) groups is 2. The molecule has 2 saturated heterocycles. The summed E-state index contributed by atoms with van der Waals surface area (Å²) in [5.41, 5.74) is 7.78. The zero-order valence-corrected chi connectivity index (χ0v) is 14.8. The number of rotatable bonds is 6. The molecule has 25 heavy (non-hydrogen) atoms. The molecule has 2 fully saturated rings. The van der Waals surface area contributed by atoms with Crippen LogP contribution in [0.15, 0.2) is 23.1 Å². The highest BCUT2D eigenvalue weighted by Gasteiger charge is 2.28. The van der Waals surface area contributed by atoms with E-state index in [0.717, 1.165) is 48.3 Å². The average molecular weight is 363 g/mol. The third kappa shape index (κ3) is 4.15. The average Bonchev–Trinajstić information content (AvgIpc) is 3.13. The van der Waals surface area contributed by atoms with Crippen molar-refractivity contribution in [2.75, 3.05) is 38.3 Å². The van der Waals surface area contributed by atoms with E-state index in [0.29, 0.717) is 18.1 Å². The summed E-state index contributed by atoms with van der Waals surface area (Å²) in [6.07, 6.45) is 2.63. The lowest BCUT2D eigenvalue weighted by molar-refractivity contribution is -0.115. The highest BCUT2D eigenvalue weighted by Crippen LogP contribution is 2.37. The van der Waals surface area contributed by atoms with Crippen LogP contribution in [0.5, 0.6) is 5.75 Å². The van der Waals surface area contributed by atoms with Crippen molar-refractivity contribution >= 4 is 34.7 Å². The molecule has 7 nitrogen and oxygen atoms in total. The molecule has 0 radical (unpaired) electrons. The van der Waals surface area contributed by atoms with E-state index < -0.39 is 0 Å². The number of anilines is 1. The SMILES string of the molecule is COCCOc1cccc(C=C2SC(=O)NC2=O)c1N1CC[C@H](N)C1. The number of hydrogen-bond donors (Lipinski definition) is 2. The Balaban J connectivity index is 1.96. The molecule has 0 saturated carbocycles. The minimum atomic E-state index is -0.371. The van der Waals surface area contributed by atoms with Crippen LogP contribution >= 0.6 is 11.8 Å². The minimum Gasteiger partial charge on any atom is -0.489 e. The second-order valence-electron chi connectivity index (χ2n) is 5.88. The number of benzene rings is 1. The summed E-state index contributed by atoms with van der Waals surface area (Å²) in [5.74, 6) is 0.347. The summed E-state index contributed by atoms with van der Waals surface area (Å²) < 4.78 is 10.9. The van der Waals surface area contributed by atoms with Gasteiger partial charge in [0, 0.05) is 31.8 Å². The van der Waals surface area contributed by atoms with Crippen molar-refractivity contribution in [1.29, 1.82) is 0 Å². The molecule has 2 aliphatic rings. The van der Waals surface area contributed by atoms with Gasteiger partial charge in [-0.3, -0.25) is 14.9 Å². The first-order valence-electron chi connectivity index (χ1n) is 8.08. The standard InChI is InChI=1S/C17H21N3O4S/c1-23-7-8-24-13-4-2-3-11(9-14-16(21)19-17(22)25-14)15(13)20-6-5-12(18)10-20/h2-4,9,12H,5-8,10,18H2,1H3,(H,19,21,22)/t12-/m0/s1. The molecule has 8 heteroatoms. The lowest BCUT2D eigenvalue weighted by Crippen LogP contribution is -2.27. The second-order valence-corrected chi connectivity index (χ2v) is 6.90.